The van der Waals surface area contributed by atoms with Crippen LogP contribution in [-0.4, -0.2) is 23.8 Å². The van der Waals surface area contributed by atoms with E-state index in [-0.39, 0.29) is 30.5 Å². The molecule has 0 spiro atoms. The average Bonchev–Trinajstić information content (AvgIpc) is 2.83. The maximum atomic E-state index is 12.4. The van der Waals surface area contributed by atoms with Crippen molar-refractivity contribution >= 4 is 24.0 Å². The summed E-state index contributed by atoms with van der Waals surface area (Å²) in [5.74, 6) is -0.566. The van der Waals surface area contributed by atoms with Gasteiger partial charge in [0.25, 0.3) is 11.8 Å². The Morgan fingerprint density at radius 2 is 1.45 bits per heavy atom. The Morgan fingerprint density at radius 1 is 0.955 bits per heavy atom. The lowest BCUT2D eigenvalue weighted by molar-refractivity contribution is 0.0642. The number of nitrogens with two attached hydrogens (primary N) is 1. The number of rotatable bonds is 3. The Kier molecular flexibility index (Phi) is 5.30. The fourth-order valence-electron chi connectivity index (χ4n) is 2.21. The molecule has 0 aromatic heterocycles. The molecule has 3 rings (SSSR count). The van der Waals surface area contributed by atoms with E-state index < -0.39 is 0 Å². The molecule has 1 aliphatic heterocycles. The van der Waals surface area contributed by atoms with Crippen molar-refractivity contribution < 1.29 is 13.5 Å². The third kappa shape index (κ3) is 3.03. The Hall–Kier alpha value is -2.18. The van der Waals surface area contributed by atoms with Gasteiger partial charge in [0.1, 0.15) is 0 Å². The molecular weight excluding hydrogens is 303 g/mol. The van der Waals surface area contributed by atoms with E-state index in [0.717, 1.165) is 5.56 Å². The van der Waals surface area contributed by atoms with Gasteiger partial charge in [0.2, 0.25) is 0 Å². The zero-order valence-corrected chi connectivity index (χ0v) is 12.8. The number of fused-ring (bicyclic) bond motifs is 1. The van der Waals surface area contributed by atoms with Crippen LogP contribution in [0.15, 0.2) is 53.4 Å². The summed E-state index contributed by atoms with van der Waals surface area (Å²) in [6.07, 6.45) is 0. The summed E-state index contributed by atoms with van der Waals surface area (Å²) < 4.78 is 12.4. The van der Waals surface area contributed by atoms with Crippen LogP contribution >= 0.6 is 12.1 Å². The number of hydrogen-bond acceptors (Lipinski definition) is 4. The minimum Gasteiger partial charge on any atom is -0.333 e. The van der Waals surface area contributed by atoms with Crippen LogP contribution < -0.4 is 5.73 Å². The number of amides is 2. The second kappa shape index (κ2) is 7.20. The Labute approximate surface area is 132 Å². The Balaban J connectivity index is 0.000000847. The first kappa shape index (κ1) is 16.2. The van der Waals surface area contributed by atoms with Crippen molar-refractivity contribution in [2.24, 2.45) is 5.73 Å². The van der Waals surface area contributed by atoms with Gasteiger partial charge in [0.05, 0.1) is 29.8 Å². The third-order valence-electron chi connectivity index (χ3n) is 3.23. The molecule has 2 N–H and O–H groups in total. The SMILES string of the molecule is CN.O=C1c2ccccc2C(=O)N1Cc1ccc(SF)cc1. The van der Waals surface area contributed by atoms with Gasteiger partial charge in [-0.1, -0.05) is 24.3 Å². The van der Waals surface area contributed by atoms with Gasteiger partial charge in [0.15, 0.2) is 0 Å². The summed E-state index contributed by atoms with van der Waals surface area (Å²) in [6.45, 7) is 0.198. The highest BCUT2D eigenvalue weighted by Gasteiger charge is 2.34. The average molecular weight is 318 g/mol. The highest BCUT2D eigenvalue weighted by molar-refractivity contribution is 7.94. The number of benzene rings is 2. The van der Waals surface area contributed by atoms with Crippen LogP contribution in [0.1, 0.15) is 26.3 Å². The quantitative estimate of drug-likeness (QED) is 0.884. The van der Waals surface area contributed by atoms with Gasteiger partial charge in [-0.05, 0) is 36.9 Å². The van der Waals surface area contributed by atoms with E-state index in [1.807, 2.05) is 0 Å². The molecular formula is C16H15FN2O2S. The molecule has 2 amide bonds. The maximum Gasteiger partial charge on any atom is 0.261 e. The molecule has 1 heterocycles. The molecule has 1 aliphatic rings. The summed E-state index contributed by atoms with van der Waals surface area (Å²) in [7, 11) is 1.50. The van der Waals surface area contributed by atoms with Gasteiger partial charge in [-0.2, -0.15) is 3.89 Å². The minimum atomic E-state index is -0.283. The number of hydrogen-bond donors (Lipinski definition) is 1. The summed E-state index contributed by atoms with van der Waals surface area (Å²) in [4.78, 5) is 26.1. The van der Waals surface area contributed by atoms with Crippen LogP contribution in [0.4, 0.5) is 3.89 Å². The second-order valence-electron chi connectivity index (χ2n) is 4.46. The van der Waals surface area contributed by atoms with E-state index in [9.17, 15) is 13.5 Å². The van der Waals surface area contributed by atoms with E-state index in [0.29, 0.717) is 16.0 Å². The summed E-state index contributed by atoms with van der Waals surface area (Å²) in [6, 6.07) is 13.5. The topological polar surface area (TPSA) is 63.4 Å². The third-order valence-corrected chi connectivity index (χ3v) is 3.68. The first-order chi connectivity index (χ1) is 10.7. The monoisotopic (exact) mass is 318 g/mol. The smallest absolute Gasteiger partial charge is 0.261 e. The summed E-state index contributed by atoms with van der Waals surface area (Å²) in [5, 5.41) is 0. The van der Waals surface area contributed by atoms with Crippen LogP contribution in [0.2, 0.25) is 0 Å². The number of carbonyl (C=O) groups excluding carboxylic acids is 2. The number of carbonyl (C=O) groups is 2. The molecule has 0 saturated heterocycles. The first-order valence-corrected chi connectivity index (χ1v) is 7.33. The number of imide groups is 1. The first-order valence-electron chi connectivity index (χ1n) is 6.61. The van der Waals surface area contributed by atoms with Crippen LogP contribution in [0.3, 0.4) is 0 Å². The molecule has 0 saturated carbocycles. The van der Waals surface area contributed by atoms with Crippen molar-refractivity contribution in [2.75, 3.05) is 7.05 Å². The highest BCUT2D eigenvalue weighted by atomic mass is 32.2. The molecule has 2 aromatic carbocycles. The van der Waals surface area contributed by atoms with Crippen molar-refractivity contribution in [3.05, 3.63) is 65.2 Å². The van der Waals surface area contributed by atoms with E-state index in [1.165, 1.54) is 11.9 Å². The van der Waals surface area contributed by atoms with E-state index in [2.05, 4.69) is 5.73 Å². The van der Waals surface area contributed by atoms with Crippen molar-refractivity contribution in [3.8, 4) is 0 Å². The Morgan fingerprint density at radius 3 is 1.91 bits per heavy atom. The van der Waals surface area contributed by atoms with Crippen molar-refractivity contribution in [2.45, 2.75) is 11.4 Å². The van der Waals surface area contributed by atoms with Crippen molar-refractivity contribution in [3.63, 3.8) is 0 Å². The lowest BCUT2D eigenvalue weighted by Crippen LogP contribution is -2.29. The van der Waals surface area contributed by atoms with Crippen LogP contribution in [0, 0.1) is 0 Å². The molecule has 0 bridgehead atoms. The highest BCUT2D eigenvalue weighted by Crippen LogP contribution is 2.25. The molecule has 0 aliphatic carbocycles. The van der Waals surface area contributed by atoms with Gasteiger partial charge in [-0.3, -0.25) is 14.5 Å². The van der Waals surface area contributed by atoms with Gasteiger partial charge < -0.3 is 5.73 Å². The lowest BCUT2D eigenvalue weighted by Gasteiger charge is -2.13. The fraction of sp³-hybridized carbons (Fsp3) is 0.125. The van der Waals surface area contributed by atoms with Crippen molar-refractivity contribution in [1.82, 2.24) is 4.90 Å². The largest absolute Gasteiger partial charge is 0.333 e. The fourth-order valence-corrected chi connectivity index (χ4v) is 2.45. The van der Waals surface area contributed by atoms with Crippen LogP contribution in [0.5, 0.6) is 0 Å². The molecule has 0 radical (unpaired) electrons. The number of nitrogens with zero attached hydrogens (tertiary/aromatic N) is 1. The van der Waals surface area contributed by atoms with Gasteiger partial charge in [0, 0.05) is 4.90 Å². The van der Waals surface area contributed by atoms with Crippen LogP contribution in [0.25, 0.3) is 0 Å². The van der Waals surface area contributed by atoms with Gasteiger partial charge in [-0.15, -0.1) is 0 Å². The molecule has 4 nitrogen and oxygen atoms in total. The van der Waals surface area contributed by atoms with Crippen LogP contribution in [-0.2, 0) is 6.54 Å². The number of halogens is 1. The van der Waals surface area contributed by atoms with Gasteiger partial charge >= 0.3 is 0 Å². The standard InChI is InChI=1S/C15H10FNO2S.CH5N/c16-20-11-7-5-10(6-8-11)9-17-14(18)12-3-1-2-4-13(12)15(17)19;1-2/h1-8H,9H2;2H2,1H3. The molecule has 0 fully saturated rings. The van der Waals surface area contributed by atoms with E-state index in [4.69, 9.17) is 0 Å². The zero-order chi connectivity index (χ0) is 16.1. The minimum absolute atomic E-state index is 0.164. The molecule has 2 aromatic rings. The van der Waals surface area contributed by atoms with E-state index >= 15 is 0 Å². The molecule has 0 atom stereocenters. The van der Waals surface area contributed by atoms with Gasteiger partial charge in [-0.25, -0.2) is 0 Å². The maximum absolute atomic E-state index is 12.4. The molecule has 0 unspecified atom stereocenters. The normalized spacial score (nSPS) is 12.8. The van der Waals surface area contributed by atoms with Crippen molar-refractivity contribution in [1.29, 1.82) is 0 Å². The lowest BCUT2D eigenvalue weighted by atomic mass is 10.1. The predicted molar refractivity (Wildman–Crippen MR) is 84.2 cm³/mol. The zero-order valence-electron chi connectivity index (χ0n) is 12.0. The summed E-state index contributed by atoms with van der Waals surface area (Å²) >= 11 is 0.164. The Bertz CT molecular complexity index is 654. The summed E-state index contributed by atoms with van der Waals surface area (Å²) in [5.41, 5.74) is 6.17. The molecule has 22 heavy (non-hydrogen) atoms. The molecule has 6 heteroatoms. The second-order valence-corrected chi connectivity index (χ2v) is 5.09. The van der Waals surface area contributed by atoms with E-state index in [1.54, 1.807) is 48.5 Å². The predicted octanol–water partition coefficient (Wildman–Crippen LogP) is 3.03. The molecule has 114 valence electrons.